The van der Waals surface area contributed by atoms with E-state index in [4.69, 9.17) is 0 Å². The fraction of sp³-hybridized carbons (Fsp3) is 0.407. The molecular weight excluding hydrogens is 485 g/mol. The fourth-order valence-electron chi connectivity index (χ4n) is 8.57. The summed E-state index contributed by atoms with van der Waals surface area (Å²) >= 11 is -3.65. The summed E-state index contributed by atoms with van der Waals surface area (Å²) in [6.45, 7) is 19.6. The third kappa shape index (κ3) is 3.13. The summed E-state index contributed by atoms with van der Waals surface area (Å²) in [6, 6.07) is 20.6. The Morgan fingerprint density at radius 1 is 0.812 bits per heavy atom. The van der Waals surface area contributed by atoms with Crippen molar-refractivity contribution in [2.24, 2.45) is 0 Å². The average molecular weight is 525 g/mol. The summed E-state index contributed by atoms with van der Waals surface area (Å²) in [5.41, 5.74) is 4.29. The van der Waals surface area contributed by atoms with Crippen LogP contribution in [0.3, 0.4) is 0 Å². The van der Waals surface area contributed by atoms with E-state index in [1.807, 2.05) is 0 Å². The van der Waals surface area contributed by atoms with E-state index in [1.165, 1.54) is 16.5 Å². The molecule has 0 fully saturated rings. The Morgan fingerprint density at radius 3 is 1.94 bits per heavy atom. The van der Waals surface area contributed by atoms with Gasteiger partial charge in [0.05, 0.1) is 0 Å². The summed E-state index contributed by atoms with van der Waals surface area (Å²) in [7, 11) is 0. The van der Waals surface area contributed by atoms with Crippen molar-refractivity contribution in [3.63, 3.8) is 0 Å². The first-order chi connectivity index (χ1) is 14.0. The second-order valence-corrected chi connectivity index (χ2v) is 35.4. The van der Waals surface area contributed by atoms with Gasteiger partial charge >= 0.3 is 185 Å². The molecule has 175 valence electrons. The largest absolute Gasteiger partial charge is 0.147 e. The number of H-pyrrole nitrogens is 1. The van der Waals surface area contributed by atoms with Crippen molar-refractivity contribution in [2.45, 2.75) is 66.3 Å². The van der Waals surface area contributed by atoms with Crippen LogP contribution in [-0.2, 0) is 14.6 Å². The van der Waals surface area contributed by atoms with Crippen molar-refractivity contribution in [3.05, 3.63) is 71.8 Å². The van der Waals surface area contributed by atoms with E-state index in [1.54, 1.807) is 9.56 Å². The first-order valence-electron chi connectivity index (χ1n) is 11.5. The van der Waals surface area contributed by atoms with Gasteiger partial charge in [0.15, 0.2) is 0 Å². The molecule has 1 aromatic heterocycles. The van der Waals surface area contributed by atoms with Crippen molar-refractivity contribution in [2.75, 3.05) is 0 Å². The Bertz CT molecular complexity index is 1090. The number of fused-ring (bicyclic) bond motifs is 2. The molecule has 0 aliphatic heterocycles. The molecule has 1 heterocycles. The minimum Gasteiger partial charge on any atom is -0.147 e. The smallest absolute Gasteiger partial charge is 0.147 e. The second kappa shape index (κ2) is 8.78. The van der Waals surface area contributed by atoms with Crippen LogP contribution in [0.15, 0.2) is 60.7 Å². The number of hydrogen-bond donors (Lipinski definition) is 1. The quantitative estimate of drug-likeness (QED) is 0.330. The molecule has 0 amide bonds. The molecule has 1 unspecified atom stereocenters. The predicted molar refractivity (Wildman–Crippen MR) is 149 cm³/mol. The van der Waals surface area contributed by atoms with Crippen LogP contribution >= 0.6 is 24.8 Å². The summed E-state index contributed by atoms with van der Waals surface area (Å²) in [5.74, 6) is 0. The van der Waals surface area contributed by atoms with Gasteiger partial charge in [0.1, 0.15) is 0 Å². The van der Waals surface area contributed by atoms with Gasteiger partial charge in [-0.05, 0) is 0 Å². The molecule has 0 radical (unpaired) electrons. The molecule has 1 atom stereocenters. The number of nitrogens with one attached hydrogen (secondary N) is 1. The van der Waals surface area contributed by atoms with Crippen molar-refractivity contribution in [1.29, 1.82) is 0 Å². The van der Waals surface area contributed by atoms with E-state index in [2.05, 4.69) is 126 Å². The Morgan fingerprint density at radius 2 is 1.38 bits per heavy atom. The first kappa shape index (κ1) is 27.5. The molecule has 0 saturated carbocycles. The van der Waals surface area contributed by atoms with Gasteiger partial charge in [-0.25, -0.2) is 0 Å². The number of benzene rings is 2. The number of rotatable bonds is 3. The van der Waals surface area contributed by atoms with Gasteiger partial charge in [0.2, 0.25) is 0 Å². The number of aromatic amines is 1. The second-order valence-electron chi connectivity index (χ2n) is 11.8. The third-order valence-electron chi connectivity index (χ3n) is 8.99. The molecule has 1 nitrogen and oxygen atoms in total. The first-order valence-corrected chi connectivity index (χ1v) is 20.3. The number of allylic oxidation sites excluding steroid dienone is 1. The van der Waals surface area contributed by atoms with Gasteiger partial charge in [0, 0.05) is 0 Å². The van der Waals surface area contributed by atoms with Crippen LogP contribution in [0.25, 0.3) is 17.0 Å². The number of para-hydroxylation sites is 1. The number of hydrogen-bond acceptors (Lipinski definition) is 0. The van der Waals surface area contributed by atoms with E-state index in [-0.39, 0.29) is 32.3 Å². The van der Waals surface area contributed by atoms with Crippen LogP contribution < -0.4 is 4.00 Å². The molecule has 1 aliphatic rings. The molecule has 3 aromatic rings. The van der Waals surface area contributed by atoms with Crippen molar-refractivity contribution in [3.8, 4) is 0 Å². The Kier molecular flexibility index (Phi) is 7.54. The Balaban J connectivity index is 0.00000181. The number of aromatic nitrogens is 1. The normalized spacial score (nSPS) is 17.4. The third-order valence-corrected chi connectivity index (χ3v) is 47.7. The molecule has 32 heavy (non-hydrogen) atoms. The monoisotopic (exact) mass is 524 g/mol. The standard InChI is InChI=1S/C9H7.C8H6N.2C4H9.C2H7Si.2ClH.Ti/c1-2-5-9-7-3-6-8(9)4-1;1-2-4-8-7(3-1)5-6-9-8;2*1-4(2)3;1-3-2;;;/h1-7H;1-5,9H;2*1-3H3;3H,1-2H3;2*1H;. The van der Waals surface area contributed by atoms with Gasteiger partial charge < -0.3 is 0 Å². The van der Waals surface area contributed by atoms with E-state index in [0.717, 1.165) is 0 Å². The summed E-state index contributed by atoms with van der Waals surface area (Å²) in [4.78, 5) is 4.07. The summed E-state index contributed by atoms with van der Waals surface area (Å²) in [5, 5.41) is 1.36. The van der Waals surface area contributed by atoms with Gasteiger partial charge in [0.25, 0.3) is 0 Å². The molecule has 1 aliphatic carbocycles. The molecule has 0 bridgehead atoms. The Labute approximate surface area is 209 Å². The van der Waals surface area contributed by atoms with Gasteiger partial charge in [-0.1, -0.05) is 0 Å². The van der Waals surface area contributed by atoms with Crippen LogP contribution in [0.1, 0.15) is 56.9 Å². The van der Waals surface area contributed by atoms with Crippen molar-refractivity contribution in [1.82, 2.24) is 4.98 Å². The van der Waals surface area contributed by atoms with Gasteiger partial charge in [-0.2, -0.15) is 0 Å². The topological polar surface area (TPSA) is 15.8 Å². The van der Waals surface area contributed by atoms with Gasteiger partial charge in [-0.15, -0.1) is 24.8 Å². The van der Waals surface area contributed by atoms with Crippen LogP contribution in [0, 0.1) is 0 Å². The zero-order valence-corrected chi connectivity index (χ0v) is 25.2. The van der Waals surface area contributed by atoms with Crippen LogP contribution in [0.2, 0.25) is 20.5 Å². The maximum atomic E-state index is 4.07. The molecule has 1 N–H and O–H groups in total. The van der Waals surface area contributed by atoms with E-state index in [0.29, 0.717) is 4.22 Å². The molecule has 5 heteroatoms. The maximum absolute atomic E-state index is 4.07. The SMILES string of the molecule is C[SiH](C)[Ti]([c]1cc2ccccc2[nH]1)([CH]1C=Cc2ccccc21)([C](C)(C)C)[C](C)(C)C.Cl.Cl. The van der Waals surface area contributed by atoms with E-state index >= 15 is 0 Å². The van der Waals surface area contributed by atoms with Crippen LogP contribution in [0.4, 0.5) is 0 Å². The Hall–Kier alpha value is -0.769. The molecule has 2 aromatic carbocycles. The minimum absolute atomic E-state index is 0. The van der Waals surface area contributed by atoms with Crippen LogP contribution in [-0.4, -0.2) is 11.6 Å². The molecule has 4 rings (SSSR count). The zero-order chi connectivity index (χ0) is 22.0. The van der Waals surface area contributed by atoms with E-state index in [9.17, 15) is 0 Å². The zero-order valence-electron chi connectivity index (χ0n) is 20.8. The van der Waals surface area contributed by atoms with Crippen molar-refractivity contribution < 1.29 is 14.6 Å². The molecule has 0 saturated heterocycles. The minimum atomic E-state index is -3.65. The molecular formula is C27H40Cl2NSiTi. The fourth-order valence-corrected chi connectivity index (χ4v) is 50.7. The van der Waals surface area contributed by atoms with Crippen LogP contribution in [0.5, 0.6) is 0 Å². The predicted octanol–water partition coefficient (Wildman–Crippen LogP) is 8.51. The average Bonchev–Trinajstić information content (AvgIpc) is 3.25. The maximum Gasteiger partial charge on any atom is -0.147 e. The van der Waals surface area contributed by atoms with Gasteiger partial charge in [-0.3, -0.25) is 0 Å². The summed E-state index contributed by atoms with van der Waals surface area (Å²) in [6.07, 6.45) is 5.02. The summed E-state index contributed by atoms with van der Waals surface area (Å²) < 4.78 is 2.59. The van der Waals surface area contributed by atoms with Crippen molar-refractivity contribution >= 4 is 52.5 Å². The van der Waals surface area contributed by atoms with E-state index < -0.39 is 21.2 Å². The number of halogens is 2. The molecule has 0 spiro atoms.